The van der Waals surface area contributed by atoms with Gasteiger partial charge in [-0.1, -0.05) is 0 Å². The summed E-state index contributed by atoms with van der Waals surface area (Å²) in [6, 6.07) is 0.795. The molecule has 72 valence electrons. The van der Waals surface area contributed by atoms with Crippen molar-refractivity contribution >= 4 is 0 Å². The van der Waals surface area contributed by atoms with Crippen LogP contribution >= 0.6 is 0 Å². The molecule has 1 heterocycles. The molecule has 0 spiro atoms. The van der Waals surface area contributed by atoms with Gasteiger partial charge in [0.2, 0.25) is 0 Å². The van der Waals surface area contributed by atoms with E-state index in [0.29, 0.717) is 0 Å². The molecule has 0 aliphatic carbocycles. The number of aliphatic hydroxyl groups excluding tert-OH is 1. The Morgan fingerprint density at radius 3 is 2.83 bits per heavy atom. The van der Waals surface area contributed by atoms with Gasteiger partial charge in [-0.25, -0.2) is 0 Å². The molecule has 1 aliphatic heterocycles. The maximum absolute atomic E-state index is 9.08. The average Bonchev–Trinajstić information content (AvgIpc) is 2.36. The molecule has 0 aromatic carbocycles. The lowest BCUT2D eigenvalue weighted by molar-refractivity contribution is 0.175. The number of hydrogen-bond donors (Lipinski definition) is 1. The molecule has 2 heteroatoms. The van der Waals surface area contributed by atoms with Crippen LogP contribution in [-0.4, -0.2) is 35.7 Å². The summed E-state index contributed by atoms with van der Waals surface area (Å²) < 4.78 is 0. The van der Waals surface area contributed by atoms with Gasteiger partial charge in [0.05, 0.1) is 6.10 Å². The summed E-state index contributed by atoms with van der Waals surface area (Å²) in [6.45, 7) is 3.14. The van der Waals surface area contributed by atoms with Gasteiger partial charge in [0, 0.05) is 6.04 Å². The molecular formula is C10H21NO. The third-order valence-electron chi connectivity index (χ3n) is 2.83. The smallest absolute Gasteiger partial charge is 0.0512 e. The van der Waals surface area contributed by atoms with Crippen LogP contribution in [0.25, 0.3) is 0 Å². The van der Waals surface area contributed by atoms with Crippen LogP contribution in [0.1, 0.15) is 39.0 Å². The third kappa shape index (κ3) is 3.11. The second-order valence-electron chi connectivity index (χ2n) is 4.06. The Morgan fingerprint density at radius 1 is 1.58 bits per heavy atom. The predicted molar refractivity (Wildman–Crippen MR) is 51.2 cm³/mol. The Labute approximate surface area is 75.6 Å². The maximum atomic E-state index is 9.08. The van der Waals surface area contributed by atoms with Crippen molar-refractivity contribution in [3.63, 3.8) is 0 Å². The first-order valence-corrected chi connectivity index (χ1v) is 5.08. The van der Waals surface area contributed by atoms with Crippen LogP contribution in [0.4, 0.5) is 0 Å². The van der Waals surface area contributed by atoms with Crippen molar-refractivity contribution in [2.75, 3.05) is 13.6 Å². The average molecular weight is 171 g/mol. The molecule has 0 aromatic heterocycles. The van der Waals surface area contributed by atoms with Crippen molar-refractivity contribution in [2.45, 2.75) is 51.2 Å². The molecule has 0 amide bonds. The van der Waals surface area contributed by atoms with E-state index in [-0.39, 0.29) is 6.10 Å². The molecule has 1 unspecified atom stereocenters. The molecule has 0 bridgehead atoms. The summed E-state index contributed by atoms with van der Waals surface area (Å²) in [5, 5.41) is 9.08. The molecule has 0 saturated carbocycles. The van der Waals surface area contributed by atoms with Gasteiger partial charge < -0.3 is 10.0 Å². The van der Waals surface area contributed by atoms with E-state index in [4.69, 9.17) is 5.11 Å². The van der Waals surface area contributed by atoms with E-state index in [1.54, 1.807) is 0 Å². The Hall–Kier alpha value is -0.0800. The van der Waals surface area contributed by atoms with Gasteiger partial charge in [-0.2, -0.15) is 0 Å². The van der Waals surface area contributed by atoms with E-state index in [1.165, 1.54) is 32.2 Å². The minimum Gasteiger partial charge on any atom is -0.393 e. The molecule has 2 nitrogen and oxygen atoms in total. The normalized spacial score (nSPS) is 27.8. The fourth-order valence-electron chi connectivity index (χ4n) is 1.99. The number of aliphatic hydroxyl groups is 1. The summed E-state index contributed by atoms with van der Waals surface area (Å²) in [6.07, 6.45) is 6.00. The molecule has 1 saturated heterocycles. The molecule has 1 aliphatic rings. The first-order valence-electron chi connectivity index (χ1n) is 5.08. The van der Waals surface area contributed by atoms with Crippen molar-refractivity contribution < 1.29 is 5.11 Å². The van der Waals surface area contributed by atoms with Crippen molar-refractivity contribution in [1.29, 1.82) is 0 Å². The fourth-order valence-corrected chi connectivity index (χ4v) is 1.99. The van der Waals surface area contributed by atoms with Crippen molar-refractivity contribution in [3.05, 3.63) is 0 Å². The van der Waals surface area contributed by atoms with Crippen LogP contribution in [0, 0.1) is 0 Å². The largest absolute Gasteiger partial charge is 0.393 e. The fraction of sp³-hybridized carbons (Fsp3) is 1.00. The van der Waals surface area contributed by atoms with E-state index >= 15 is 0 Å². The zero-order valence-corrected chi connectivity index (χ0v) is 8.29. The van der Waals surface area contributed by atoms with Gasteiger partial charge in [-0.15, -0.1) is 0 Å². The van der Waals surface area contributed by atoms with Gasteiger partial charge in [-0.3, -0.25) is 0 Å². The molecule has 0 radical (unpaired) electrons. The lowest BCUT2D eigenvalue weighted by Crippen LogP contribution is -2.24. The van der Waals surface area contributed by atoms with Gasteiger partial charge in [0.1, 0.15) is 0 Å². The molecule has 1 rings (SSSR count). The highest BCUT2D eigenvalue weighted by Crippen LogP contribution is 2.20. The Morgan fingerprint density at radius 2 is 2.33 bits per heavy atom. The highest BCUT2D eigenvalue weighted by Gasteiger charge is 2.19. The quantitative estimate of drug-likeness (QED) is 0.695. The van der Waals surface area contributed by atoms with Crippen molar-refractivity contribution in [1.82, 2.24) is 4.90 Å². The van der Waals surface area contributed by atoms with Gasteiger partial charge in [0.25, 0.3) is 0 Å². The second kappa shape index (κ2) is 4.83. The lowest BCUT2D eigenvalue weighted by atomic mass is 10.1. The zero-order valence-electron chi connectivity index (χ0n) is 8.29. The minimum atomic E-state index is -0.114. The van der Waals surface area contributed by atoms with Crippen LogP contribution < -0.4 is 0 Å². The van der Waals surface area contributed by atoms with E-state index < -0.39 is 0 Å². The van der Waals surface area contributed by atoms with Crippen molar-refractivity contribution in [3.8, 4) is 0 Å². The van der Waals surface area contributed by atoms with Gasteiger partial charge in [0.15, 0.2) is 0 Å². The molecule has 2 atom stereocenters. The van der Waals surface area contributed by atoms with Crippen LogP contribution in [0.3, 0.4) is 0 Å². The maximum Gasteiger partial charge on any atom is 0.0512 e. The summed E-state index contributed by atoms with van der Waals surface area (Å²) in [7, 11) is 2.21. The number of likely N-dealkylation sites (tertiary alicyclic amines) is 1. The molecule has 12 heavy (non-hydrogen) atoms. The Bertz CT molecular complexity index is 125. The summed E-state index contributed by atoms with van der Waals surface area (Å²) in [4.78, 5) is 2.45. The molecule has 1 N–H and O–H groups in total. The highest BCUT2D eigenvalue weighted by molar-refractivity contribution is 4.76. The summed E-state index contributed by atoms with van der Waals surface area (Å²) in [5.74, 6) is 0. The summed E-state index contributed by atoms with van der Waals surface area (Å²) in [5.41, 5.74) is 0. The number of hydrogen-bond acceptors (Lipinski definition) is 2. The van der Waals surface area contributed by atoms with Gasteiger partial charge in [-0.05, 0) is 52.6 Å². The Balaban J connectivity index is 2.06. The topological polar surface area (TPSA) is 23.5 Å². The third-order valence-corrected chi connectivity index (χ3v) is 2.83. The van der Waals surface area contributed by atoms with E-state index in [2.05, 4.69) is 11.9 Å². The second-order valence-corrected chi connectivity index (χ2v) is 4.06. The van der Waals surface area contributed by atoms with Crippen molar-refractivity contribution in [2.24, 2.45) is 0 Å². The van der Waals surface area contributed by atoms with E-state index in [1.807, 2.05) is 6.92 Å². The highest BCUT2D eigenvalue weighted by atomic mass is 16.3. The zero-order chi connectivity index (χ0) is 8.97. The lowest BCUT2D eigenvalue weighted by Gasteiger charge is -2.19. The predicted octanol–water partition coefficient (Wildman–Crippen LogP) is 1.63. The monoisotopic (exact) mass is 171 g/mol. The number of nitrogens with zero attached hydrogens (tertiary/aromatic N) is 1. The first kappa shape index (κ1) is 10.0. The van der Waals surface area contributed by atoms with Crippen LogP contribution in [0.15, 0.2) is 0 Å². The SMILES string of the molecule is C[C@@H](O)CCCC1CCCN1C. The molecule has 0 aromatic rings. The van der Waals surface area contributed by atoms with Crippen LogP contribution in [-0.2, 0) is 0 Å². The summed E-state index contributed by atoms with van der Waals surface area (Å²) >= 11 is 0. The molecule has 1 fully saturated rings. The first-order chi connectivity index (χ1) is 5.70. The van der Waals surface area contributed by atoms with Crippen LogP contribution in [0.5, 0.6) is 0 Å². The standard InChI is InChI=1S/C10H21NO/c1-9(12)5-3-6-10-7-4-8-11(10)2/h9-10,12H,3-8H2,1-2H3/t9-,10?/m1/s1. The van der Waals surface area contributed by atoms with E-state index in [0.717, 1.165) is 12.5 Å². The number of rotatable bonds is 4. The van der Waals surface area contributed by atoms with Gasteiger partial charge >= 0.3 is 0 Å². The Kier molecular flexibility index (Phi) is 4.02. The van der Waals surface area contributed by atoms with E-state index in [9.17, 15) is 0 Å². The molecular weight excluding hydrogens is 150 g/mol. The minimum absolute atomic E-state index is 0.114. The van der Waals surface area contributed by atoms with Crippen LogP contribution in [0.2, 0.25) is 0 Å².